The van der Waals surface area contributed by atoms with Crippen LogP contribution in [0.2, 0.25) is 0 Å². The van der Waals surface area contributed by atoms with E-state index in [1.54, 1.807) is 24.3 Å². The van der Waals surface area contributed by atoms with Gasteiger partial charge in [-0.05, 0) is 62.8 Å². The molecule has 0 aliphatic heterocycles. The molecule has 26 heavy (non-hydrogen) atoms. The molecule has 2 rings (SSSR count). The number of amides is 2. The molecule has 0 radical (unpaired) electrons. The van der Waals surface area contributed by atoms with Gasteiger partial charge in [0.15, 0.2) is 0 Å². The fraction of sp³-hybridized carbons (Fsp3) is 0.333. The Labute approximate surface area is 155 Å². The highest BCUT2D eigenvalue weighted by Gasteiger charge is 2.12. The molecule has 0 aliphatic carbocycles. The molecule has 2 aromatic rings. The molecule has 2 N–H and O–H groups in total. The molecular weight excluding hydrogens is 326 g/mol. The lowest BCUT2D eigenvalue weighted by Gasteiger charge is -2.13. The highest BCUT2D eigenvalue weighted by molar-refractivity contribution is 6.05. The van der Waals surface area contributed by atoms with Crippen molar-refractivity contribution in [3.63, 3.8) is 0 Å². The number of carbonyl (C=O) groups is 2. The summed E-state index contributed by atoms with van der Waals surface area (Å²) in [4.78, 5) is 26.6. The first-order chi connectivity index (χ1) is 12.4. The predicted octanol–water partition coefficient (Wildman–Crippen LogP) is 3.10. The number of benzene rings is 2. The zero-order valence-electron chi connectivity index (χ0n) is 15.9. The van der Waals surface area contributed by atoms with Crippen LogP contribution in [-0.2, 0) is 6.42 Å². The van der Waals surface area contributed by atoms with Crippen LogP contribution in [0.3, 0.4) is 0 Å². The van der Waals surface area contributed by atoms with Crippen molar-refractivity contribution in [3.8, 4) is 0 Å². The minimum Gasteiger partial charge on any atom is -0.351 e. The minimum atomic E-state index is -0.173. The lowest BCUT2D eigenvalue weighted by molar-refractivity contribution is 0.0949. The van der Waals surface area contributed by atoms with Gasteiger partial charge in [0.05, 0.1) is 0 Å². The third kappa shape index (κ3) is 5.17. The number of hydrogen-bond acceptors (Lipinski definition) is 3. The van der Waals surface area contributed by atoms with Gasteiger partial charge in [-0.15, -0.1) is 0 Å². The molecule has 5 nitrogen and oxygen atoms in total. The third-order valence-corrected chi connectivity index (χ3v) is 4.23. The summed E-state index contributed by atoms with van der Waals surface area (Å²) < 4.78 is 0. The molecule has 0 atom stereocenters. The third-order valence-electron chi connectivity index (χ3n) is 4.23. The molecule has 0 saturated heterocycles. The quantitative estimate of drug-likeness (QED) is 0.804. The minimum absolute atomic E-state index is 0.133. The summed E-state index contributed by atoms with van der Waals surface area (Å²) in [6, 6.07) is 12.7. The van der Waals surface area contributed by atoms with E-state index in [2.05, 4.69) is 17.6 Å². The lowest BCUT2D eigenvalue weighted by Crippen LogP contribution is -2.31. The average Bonchev–Trinajstić information content (AvgIpc) is 2.63. The first kappa shape index (κ1) is 19.7. The summed E-state index contributed by atoms with van der Waals surface area (Å²) in [6.07, 6.45) is 0.851. The van der Waals surface area contributed by atoms with Gasteiger partial charge in [0, 0.05) is 29.9 Å². The Morgan fingerprint density at radius 1 is 0.962 bits per heavy atom. The summed E-state index contributed by atoms with van der Waals surface area (Å²) in [5.41, 5.74) is 4.08. The van der Waals surface area contributed by atoms with Crippen LogP contribution in [0.4, 0.5) is 5.69 Å². The zero-order chi connectivity index (χ0) is 19.1. The fourth-order valence-corrected chi connectivity index (χ4v) is 2.66. The first-order valence-corrected chi connectivity index (χ1v) is 8.85. The van der Waals surface area contributed by atoms with Gasteiger partial charge in [-0.3, -0.25) is 9.59 Å². The van der Waals surface area contributed by atoms with Crippen LogP contribution in [0.15, 0.2) is 42.5 Å². The number of hydrogen-bond donors (Lipinski definition) is 2. The van der Waals surface area contributed by atoms with Crippen molar-refractivity contribution in [2.75, 3.05) is 32.5 Å². The van der Waals surface area contributed by atoms with E-state index in [1.165, 1.54) is 0 Å². The fourth-order valence-electron chi connectivity index (χ4n) is 2.66. The van der Waals surface area contributed by atoms with Crippen molar-refractivity contribution in [2.24, 2.45) is 0 Å². The van der Waals surface area contributed by atoms with E-state index in [0.29, 0.717) is 17.7 Å². The van der Waals surface area contributed by atoms with Crippen molar-refractivity contribution in [1.82, 2.24) is 10.2 Å². The molecule has 0 unspecified atom stereocenters. The molecule has 2 amide bonds. The highest BCUT2D eigenvalue weighted by atomic mass is 16.2. The van der Waals surface area contributed by atoms with Crippen molar-refractivity contribution in [2.45, 2.75) is 20.3 Å². The first-order valence-electron chi connectivity index (χ1n) is 8.85. The number of aryl methyl sites for hydroxylation is 2. The predicted molar refractivity (Wildman–Crippen MR) is 106 cm³/mol. The number of para-hydroxylation sites is 1. The van der Waals surface area contributed by atoms with Gasteiger partial charge in [-0.25, -0.2) is 0 Å². The molecule has 0 heterocycles. The average molecular weight is 353 g/mol. The molecule has 0 fully saturated rings. The van der Waals surface area contributed by atoms with E-state index in [1.807, 2.05) is 44.1 Å². The second-order valence-corrected chi connectivity index (χ2v) is 6.55. The largest absolute Gasteiger partial charge is 0.351 e. The summed E-state index contributed by atoms with van der Waals surface area (Å²) >= 11 is 0. The molecular formula is C21H27N3O2. The van der Waals surface area contributed by atoms with Crippen LogP contribution in [0.5, 0.6) is 0 Å². The van der Waals surface area contributed by atoms with E-state index >= 15 is 0 Å². The van der Waals surface area contributed by atoms with Crippen LogP contribution < -0.4 is 10.6 Å². The van der Waals surface area contributed by atoms with Gasteiger partial charge in [0.1, 0.15) is 0 Å². The molecule has 0 saturated carbocycles. The Balaban J connectivity index is 2.04. The Bertz CT molecular complexity index is 767. The summed E-state index contributed by atoms with van der Waals surface area (Å²) in [5.74, 6) is -0.306. The van der Waals surface area contributed by atoms with Crippen LogP contribution in [0.1, 0.15) is 38.8 Å². The maximum Gasteiger partial charge on any atom is 0.255 e. The monoisotopic (exact) mass is 353 g/mol. The van der Waals surface area contributed by atoms with Gasteiger partial charge in [-0.1, -0.05) is 25.1 Å². The second kappa shape index (κ2) is 9.15. The number of nitrogens with zero attached hydrogens (tertiary/aromatic N) is 1. The van der Waals surface area contributed by atoms with E-state index in [4.69, 9.17) is 0 Å². The highest BCUT2D eigenvalue weighted by Crippen LogP contribution is 2.22. The maximum absolute atomic E-state index is 12.5. The second-order valence-electron chi connectivity index (χ2n) is 6.55. The summed E-state index contributed by atoms with van der Waals surface area (Å²) in [6.45, 7) is 5.41. The number of carbonyl (C=O) groups excluding carboxylic acids is 2. The topological polar surface area (TPSA) is 61.4 Å². The Morgan fingerprint density at radius 2 is 1.58 bits per heavy atom. The molecule has 138 valence electrons. The number of nitrogens with one attached hydrogen (secondary N) is 2. The normalized spacial score (nSPS) is 10.7. The van der Waals surface area contributed by atoms with Gasteiger partial charge in [0.25, 0.3) is 11.8 Å². The molecule has 5 heteroatoms. The van der Waals surface area contributed by atoms with Gasteiger partial charge >= 0.3 is 0 Å². The number of anilines is 1. The summed E-state index contributed by atoms with van der Waals surface area (Å²) in [7, 11) is 3.91. The maximum atomic E-state index is 12.5. The standard InChI is InChI=1S/C21H27N3O2/c1-5-16-8-6-7-15(2)19(16)23-21(26)18-11-9-17(10-12-18)20(25)22-13-14-24(3)4/h6-12H,5,13-14H2,1-4H3,(H,22,25)(H,23,26). The molecule has 0 bridgehead atoms. The van der Waals surface area contributed by atoms with Crippen molar-refractivity contribution in [1.29, 1.82) is 0 Å². The number of likely N-dealkylation sites (N-methyl/N-ethyl adjacent to an activating group) is 1. The van der Waals surface area contributed by atoms with Crippen LogP contribution in [-0.4, -0.2) is 43.9 Å². The lowest BCUT2D eigenvalue weighted by atomic mass is 10.0. The van der Waals surface area contributed by atoms with Crippen LogP contribution in [0, 0.1) is 6.92 Å². The summed E-state index contributed by atoms with van der Waals surface area (Å²) in [5, 5.41) is 5.86. The van der Waals surface area contributed by atoms with E-state index in [9.17, 15) is 9.59 Å². The Morgan fingerprint density at radius 3 is 2.15 bits per heavy atom. The van der Waals surface area contributed by atoms with Gasteiger partial charge in [-0.2, -0.15) is 0 Å². The van der Waals surface area contributed by atoms with Crippen LogP contribution >= 0.6 is 0 Å². The van der Waals surface area contributed by atoms with Crippen molar-refractivity contribution >= 4 is 17.5 Å². The molecule has 0 aliphatic rings. The SMILES string of the molecule is CCc1cccc(C)c1NC(=O)c1ccc(C(=O)NCCN(C)C)cc1. The van der Waals surface area contributed by atoms with Crippen LogP contribution in [0.25, 0.3) is 0 Å². The smallest absolute Gasteiger partial charge is 0.255 e. The number of rotatable bonds is 7. The van der Waals surface area contributed by atoms with E-state index < -0.39 is 0 Å². The van der Waals surface area contributed by atoms with E-state index in [-0.39, 0.29) is 11.8 Å². The Hall–Kier alpha value is -2.66. The van der Waals surface area contributed by atoms with Gasteiger partial charge < -0.3 is 15.5 Å². The van der Waals surface area contributed by atoms with Gasteiger partial charge in [0.2, 0.25) is 0 Å². The van der Waals surface area contributed by atoms with Crippen molar-refractivity contribution in [3.05, 3.63) is 64.7 Å². The molecule has 2 aromatic carbocycles. The molecule has 0 spiro atoms. The van der Waals surface area contributed by atoms with Crippen molar-refractivity contribution < 1.29 is 9.59 Å². The molecule has 0 aromatic heterocycles. The Kier molecular flexibility index (Phi) is 6.92. The van der Waals surface area contributed by atoms with E-state index in [0.717, 1.165) is 29.8 Å². The zero-order valence-corrected chi connectivity index (χ0v) is 15.9.